The summed E-state index contributed by atoms with van der Waals surface area (Å²) in [5.41, 5.74) is -0.523. The van der Waals surface area contributed by atoms with Gasteiger partial charge in [0.2, 0.25) is 0 Å². The van der Waals surface area contributed by atoms with Gasteiger partial charge in [-0.15, -0.1) is 0 Å². The summed E-state index contributed by atoms with van der Waals surface area (Å²) in [6.45, 7) is 6.67. The minimum absolute atomic E-state index is 0.00417. The zero-order valence-corrected chi connectivity index (χ0v) is 15.9. The third kappa shape index (κ3) is 7.19. The van der Waals surface area contributed by atoms with E-state index in [2.05, 4.69) is 12.0 Å². The topological polar surface area (TPSA) is 74.3 Å². The summed E-state index contributed by atoms with van der Waals surface area (Å²) in [5.74, 6) is 3.69. The number of ether oxygens (including phenoxy) is 4. The van der Waals surface area contributed by atoms with Gasteiger partial charge >= 0.3 is 6.09 Å². The SMILES string of the molecule is CC(C)(C)OC(=O)N1CCC(Oc2ccccc2OC#CCOCC=O)C1. The van der Waals surface area contributed by atoms with Gasteiger partial charge in [0.05, 0.1) is 6.54 Å². The Hall–Kier alpha value is -2.72. The molecule has 0 bridgehead atoms. The number of carbonyl (C=O) groups excluding carboxylic acids is 2. The Labute approximate surface area is 159 Å². The molecule has 1 aromatic rings. The van der Waals surface area contributed by atoms with Crippen molar-refractivity contribution in [3.8, 4) is 23.5 Å². The molecule has 0 N–H and O–H groups in total. The highest BCUT2D eigenvalue weighted by Crippen LogP contribution is 2.29. The van der Waals surface area contributed by atoms with Crippen molar-refractivity contribution in [3.63, 3.8) is 0 Å². The summed E-state index contributed by atoms with van der Waals surface area (Å²) in [6, 6.07) is 7.19. The molecule has 1 amide bonds. The highest BCUT2D eigenvalue weighted by molar-refractivity contribution is 5.68. The van der Waals surface area contributed by atoms with Gasteiger partial charge in [-0.2, -0.15) is 0 Å². The fourth-order valence-electron chi connectivity index (χ4n) is 2.41. The fourth-order valence-corrected chi connectivity index (χ4v) is 2.41. The van der Waals surface area contributed by atoms with Crippen molar-refractivity contribution in [2.75, 3.05) is 26.3 Å². The number of amides is 1. The minimum atomic E-state index is -0.523. The Kier molecular flexibility index (Phi) is 7.50. The second-order valence-corrected chi connectivity index (χ2v) is 6.96. The van der Waals surface area contributed by atoms with Crippen molar-refractivity contribution < 1.29 is 28.5 Å². The number of hydrogen-bond acceptors (Lipinski definition) is 6. The monoisotopic (exact) mass is 375 g/mol. The lowest BCUT2D eigenvalue weighted by atomic mass is 10.2. The van der Waals surface area contributed by atoms with E-state index < -0.39 is 5.60 Å². The van der Waals surface area contributed by atoms with Crippen LogP contribution >= 0.6 is 0 Å². The summed E-state index contributed by atoms with van der Waals surface area (Å²) in [4.78, 5) is 23.9. The first-order chi connectivity index (χ1) is 12.9. The summed E-state index contributed by atoms with van der Waals surface area (Å²) in [7, 11) is 0. The predicted octanol–water partition coefficient (Wildman–Crippen LogP) is 2.63. The Morgan fingerprint density at radius 2 is 2.04 bits per heavy atom. The van der Waals surface area contributed by atoms with Gasteiger partial charge in [0.1, 0.15) is 37.3 Å². The lowest BCUT2D eigenvalue weighted by Crippen LogP contribution is -2.36. The first-order valence-electron chi connectivity index (χ1n) is 8.79. The molecule has 0 spiro atoms. The Morgan fingerprint density at radius 3 is 2.74 bits per heavy atom. The average Bonchev–Trinajstić information content (AvgIpc) is 3.07. The second-order valence-electron chi connectivity index (χ2n) is 6.96. The molecule has 1 unspecified atom stereocenters. The highest BCUT2D eigenvalue weighted by atomic mass is 16.6. The summed E-state index contributed by atoms with van der Waals surface area (Å²) in [6.07, 6.45) is 3.41. The fraction of sp³-hybridized carbons (Fsp3) is 0.500. The summed E-state index contributed by atoms with van der Waals surface area (Å²) < 4.78 is 21.7. The quantitative estimate of drug-likeness (QED) is 0.432. The highest BCUT2D eigenvalue weighted by Gasteiger charge is 2.31. The molecular weight excluding hydrogens is 350 g/mol. The number of para-hydroxylation sites is 2. The van der Waals surface area contributed by atoms with Crippen LogP contribution in [-0.4, -0.2) is 55.3 Å². The van der Waals surface area contributed by atoms with Crippen LogP contribution in [-0.2, 0) is 14.3 Å². The maximum absolute atomic E-state index is 12.1. The van der Waals surface area contributed by atoms with Gasteiger partial charge in [-0.3, -0.25) is 0 Å². The van der Waals surface area contributed by atoms with E-state index in [0.717, 1.165) is 0 Å². The maximum Gasteiger partial charge on any atom is 0.410 e. The normalized spacial score (nSPS) is 16.3. The van der Waals surface area contributed by atoms with Crippen LogP contribution in [0.15, 0.2) is 24.3 Å². The zero-order chi connectivity index (χ0) is 19.7. The number of benzene rings is 1. The number of rotatable bonds is 6. The van der Waals surface area contributed by atoms with E-state index in [1.165, 1.54) is 0 Å². The van der Waals surface area contributed by atoms with Crippen LogP contribution in [0.3, 0.4) is 0 Å². The molecule has 146 valence electrons. The van der Waals surface area contributed by atoms with Crippen LogP contribution < -0.4 is 9.47 Å². The van der Waals surface area contributed by atoms with E-state index in [9.17, 15) is 9.59 Å². The van der Waals surface area contributed by atoms with Crippen LogP contribution in [0.5, 0.6) is 11.5 Å². The van der Waals surface area contributed by atoms with Gasteiger partial charge in [-0.05, 0) is 38.8 Å². The number of hydrogen-bond donors (Lipinski definition) is 0. The molecule has 7 heteroatoms. The Morgan fingerprint density at radius 1 is 1.30 bits per heavy atom. The van der Waals surface area contributed by atoms with Gasteiger partial charge in [0.25, 0.3) is 0 Å². The summed E-state index contributed by atoms with van der Waals surface area (Å²) in [5, 5.41) is 0. The smallest absolute Gasteiger partial charge is 0.410 e. The van der Waals surface area contributed by atoms with Crippen molar-refractivity contribution in [2.24, 2.45) is 0 Å². The van der Waals surface area contributed by atoms with Gasteiger partial charge < -0.3 is 28.6 Å². The molecule has 1 aromatic carbocycles. The van der Waals surface area contributed by atoms with Crippen LogP contribution in [0.25, 0.3) is 0 Å². The lowest BCUT2D eigenvalue weighted by Gasteiger charge is -2.24. The summed E-state index contributed by atoms with van der Waals surface area (Å²) >= 11 is 0. The molecule has 0 aliphatic carbocycles. The van der Waals surface area contributed by atoms with E-state index in [1.807, 2.05) is 32.9 Å². The van der Waals surface area contributed by atoms with E-state index in [4.69, 9.17) is 18.9 Å². The maximum atomic E-state index is 12.1. The lowest BCUT2D eigenvalue weighted by molar-refractivity contribution is -0.111. The van der Waals surface area contributed by atoms with Crippen molar-refractivity contribution in [1.29, 1.82) is 0 Å². The van der Waals surface area contributed by atoms with Crippen molar-refractivity contribution in [2.45, 2.75) is 38.9 Å². The Bertz CT molecular complexity index is 700. The van der Waals surface area contributed by atoms with Crippen molar-refractivity contribution >= 4 is 12.4 Å². The second kappa shape index (κ2) is 9.83. The van der Waals surface area contributed by atoms with E-state index in [1.54, 1.807) is 17.0 Å². The Balaban J connectivity index is 1.89. The standard InChI is InChI=1S/C20H25NO6/c1-20(2,3)27-19(23)21-10-9-16(15-21)26-18-8-5-4-7-17(18)25-13-6-12-24-14-11-22/h4-5,7-8,11,16H,9-10,12,14-15H2,1-3H3. The van der Waals surface area contributed by atoms with Crippen molar-refractivity contribution in [3.05, 3.63) is 24.3 Å². The first kappa shape index (κ1) is 20.6. The van der Waals surface area contributed by atoms with E-state index in [-0.39, 0.29) is 25.4 Å². The van der Waals surface area contributed by atoms with Gasteiger partial charge in [0.15, 0.2) is 11.5 Å². The molecule has 1 aliphatic rings. The molecule has 1 heterocycles. The molecule has 0 radical (unpaired) electrons. The molecule has 27 heavy (non-hydrogen) atoms. The molecule has 0 aromatic heterocycles. The van der Waals surface area contributed by atoms with E-state index >= 15 is 0 Å². The minimum Gasteiger partial charge on any atom is -0.485 e. The van der Waals surface area contributed by atoms with Gasteiger partial charge in [-0.1, -0.05) is 12.1 Å². The molecule has 1 fully saturated rings. The van der Waals surface area contributed by atoms with Crippen LogP contribution in [0, 0.1) is 12.0 Å². The molecule has 2 rings (SSSR count). The molecule has 0 saturated carbocycles. The average molecular weight is 375 g/mol. The van der Waals surface area contributed by atoms with Crippen LogP contribution in [0.2, 0.25) is 0 Å². The predicted molar refractivity (Wildman–Crippen MR) is 98.6 cm³/mol. The molecular formula is C20H25NO6. The molecule has 1 saturated heterocycles. The molecule has 1 aliphatic heterocycles. The third-order valence-electron chi connectivity index (χ3n) is 3.53. The first-order valence-corrected chi connectivity index (χ1v) is 8.79. The zero-order valence-electron chi connectivity index (χ0n) is 15.9. The van der Waals surface area contributed by atoms with Crippen molar-refractivity contribution in [1.82, 2.24) is 4.90 Å². The number of carbonyl (C=O) groups is 2. The van der Waals surface area contributed by atoms with Crippen LogP contribution in [0.4, 0.5) is 4.79 Å². The van der Waals surface area contributed by atoms with E-state index in [0.29, 0.717) is 37.3 Å². The van der Waals surface area contributed by atoms with Gasteiger partial charge in [0, 0.05) is 13.0 Å². The number of likely N-dealkylation sites (tertiary alicyclic amines) is 1. The van der Waals surface area contributed by atoms with Crippen LogP contribution in [0.1, 0.15) is 27.2 Å². The van der Waals surface area contributed by atoms with Gasteiger partial charge in [-0.25, -0.2) is 4.79 Å². The molecule has 1 atom stereocenters. The number of aldehydes is 1. The third-order valence-corrected chi connectivity index (χ3v) is 3.53. The molecule has 7 nitrogen and oxygen atoms in total. The largest absolute Gasteiger partial charge is 0.485 e. The number of nitrogens with zero attached hydrogens (tertiary/aromatic N) is 1.